The van der Waals surface area contributed by atoms with E-state index in [0.29, 0.717) is 24.1 Å². The number of hydrogen-bond donors (Lipinski definition) is 1. The molecule has 0 saturated heterocycles. The van der Waals surface area contributed by atoms with Gasteiger partial charge in [-0.2, -0.15) is 22.2 Å². The molecule has 204 valence electrons. The fourth-order valence-electron chi connectivity index (χ4n) is 3.52. The molecule has 0 aliphatic carbocycles. The third kappa shape index (κ3) is 6.95. The average Bonchev–Trinajstić information content (AvgIpc) is 3.25. The van der Waals surface area contributed by atoms with Crippen LogP contribution in [0.5, 0.6) is 0 Å². The monoisotopic (exact) mass is 570 g/mol. The molecule has 2 aromatic heterocycles. The summed E-state index contributed by atoms with van der Waals surface area (Å²) < 4.78 is 57.4. The van der Waals surface area contributed by atoms with Crippen LogP contribution in [0.2, 0.25) is 5.02 Å². The number of halogens is 4. The Hall–Kier alpha value is -3.32. The summed E-state index contributed by atoms with van der Waals surface area (Å²) in [5.41, 5.74) is -1.17. The molecule has 9 nitrogen and oxygen atoms in total. The standard InChI is InChI=1S/C24H26ClF3N6O3S/c1-5-9-38(37,6-2)33-23(36)16-7-8-20(29-13-16)34-21(31-15(4)32-34)14(3)30-22(35)17-10-18(24(26,27)28)12-19(25)11-17/h7-8,10-14H,5-6,9H2,1-4H3,(H,30,35). The van der Waals surface area contributed by atoms with Gasteiger partial charge in [-0.1, -0.05) is 25.4 Å². The zero-order valence-corrected chi connectivity index (χ0v) is 22.6. The molecule has 2 atom stereocenters. The van der Waals surface area contributed by atoms with E-state index < -0.39 is 39.3 Å². The Kier molecular flexibility index (Phi) is 8.93. The third-order valence-corrected chi connectivity index (χ3v) is 8.06. The van der Waals surface area contributed by atoms with Crippen LogP contribution in [-0.4, -0.2) is 47.3 Å². The van der Waals surface area contributed by atoms with E-state index in [1.54, 1.807) is 20.8 Å². The van der Waals surface area contributed by atoms with E-state index in [0.717, 1.165) is 12.1 Å². The van der Waals surface area contributed by atoms with Crippen molar-refractivity contribution >= 4 is 33.1 Å². The van der Waals surface area contributed by atoms with Gasteiger partial charge in [0.25, 0.3) is 11.8 Å². The number of amides is 2. The molecule has 0 bridgehead atoms. The maximum Gasteiger partial charge on any atom is 0.416 e. The zero-order chi connectivity index (χ0) is 28.3. The average molecular weight is 571 g/mol. The van der Waals surface area contributed by atoms with Crippen molar-refractivity contribution in [3.05, 3.63) is 69.9 Å². The van der Waals surface area contributed by atoms with Gasteiger partial charge in [-0.25, -0.2) is 14.2 Å². The van der Waals surface area contributed by atoms with Crippen LogP contribution in [-0.2, 0) is 15.9 Å². The van der Waals surface area contributed by atoms with E-state index in [-0.39, 0.29) is 33.5 Å². The summed E-state index contributed by atoms with van der Waals surface area (Å²) in [4.78, 5) is 33.8. The molecule has 3 rings (SSSR count). The molecule has 0 saturated carbocycles. The minimum Gasteiger partial charge on any atom is -0.342 e. The summed E-state index contributed by atoms with van der Waals surface area (Å²) in [6.07, 6.45) is -2.76. The topological polar surface area (TPSA) is 119 Å². The van der Waals surface area contributed by atoms with E-state index in [4.69, 9.17) is 11.6 Å². The second kappa shape index (κ2) is 11.6. The summed E-state index contributed by atoms with van der Waals surface area (Å²) >= 11 is 5.80. The number of aryl methyl sites for hydroxylation is 1. The fraction of sp³-hybridized carbons (Fsp3) is 0.375. The first-order chi connectivity index (χ1) is 17.8. The highest BCUT2D eigenvalue weighted by atomic mass is 35.5. The van der Waals surface area contributed by atoms with Crippen molar-refractivity contribution in [1.82, 2.24) is 25.1 Å². The van der Waals surface area contributed by atoms with Crippen LogP contribution < -0.4 is 5.32 Å². The van der Waals surface area contributed by atoms with E-state index in [1.165, 1.54) is 23.0 Å². The molecule has 14 heteroatoms. The summed E-state index contributed by atoms with van der Waals surface area (Å²) in [6.45, 7) is 6.78. The van der Waals surface area contributed by atoms with Crippen LogP contribution in [0.1, 0.15) is 71.2 Å². The van der Waals surface area contributed by atoms with Gasteiger partial charge in [0.05, 0.1) is 26.9 Å². The van der Waals surface area contributed by atoms with Crippen LogP contribution in [0.3, 0.4) is 0 Å². The van der Waals surface area contributed by atoms with Crippen molar-refractivity contribution in [2.24, 2.45) is 4.36 Å². The number of alkyl halides is 3. The van der Waals surface area contributed by atoms with Gasteiger partial charge in [-0.15, -0.1) is 5.10 Å². The molecule has 0 fully saturated rings. The maximum absolute atomic E-state index is 13.1. The van der Waals surface area contributed by atoms with E-state index in [9.17, 15) is 27.0 Å². The second-order valence-electron chi connectivity index (χ2n) is 8.42. The minimum atomic E-state index is -4.67. The number of nitrogens with one attached hydrogen (secondary N) is 1. The van der Waals surface area contributed by atoms with Crippen LogP contribution >= 0.6 is 11.6 Å². The smallest absolute Gasteiger partial charge is 0.342 e. The van der Waals surface area contributed by atoms with Crippen molar-refractivity contribution < 1.29 is 27.0 Å². The predicted octanol–water partition coefficient (Wildman–Crippen LogP) is 5.17. The lowest BCUT2D eigenvalue weighted by molar-refractivity contribution is -0.137. The normalized spacial score (nSPS) is 14.0. The fourth-order valence-corrected chi connectivity index (χ4v) is 5.31. The number of pyridine rings is 1. The summed E-state index contributed by atoms with van der Waals surface area (Å²) in [7, 11) is -2.64. The van der Waals surface area contributed by atoms with Gasteiger partial charge < -0.3 is 5.32 Å². The van der Waals surface area contributed by atoms with Crippen LogP contribution in [0, 0.1) is 6.92 Å². The van der Waals surface area contributed by atoms with Gasteiger partial charge in [0, 0.05) is 28.3 Å². The molecular formula is C24H26ClF3N6O3S. The van der Waals surface area contributed by atoms with Gasteiger partial charge in [0.1, 0.15) is 5.82 Å². The Labute approximate surface area is 223 Å². The number of nitrogens with zero attached hydrogens (tertiary/aromatic N) is 5. The Bertz CT molecular complexity index is 1460. The number of aromatic nitrogens is 4. The number of rotatable bonds is 8. The first-order valence-corrected chi connectivity index (χ1v) is 13.8. The number of benzene rings is 1. The maximum atomic E-state index is 13.1. The number of carbonyl (C=O) groups is 2. The van der Waals surface area contributed by atoms with Crippen molar-refractivity contribution in [2.75, 3.05) is 11.5 Å². The first-order valence-electron chi connectivity index (χ1n) is 11.6. The third-order valence-electron chi connectivity index (χ3n) is 5.40. The summed E-state index contributed by atoms with van der Waals surface area (Å²) in [5, 5.41) is 6.65. The van der Waals surface area contributed by atoms with Crippen LogP contribution in [0.4, 0.5) is 13.2 Å². The van der Waals surface area contributed by atoms with Gasteiger partial charge >= 0.3 is 6.18 Å². The Morgan fingerprint density at radius 2 is 1.89 bits per heavy atom. The molecule has 2 amide bonds. The molecular weight excluding hydrogens is 545 g/mol. The van der Waals surface area contributed by atoms with Gasteiger partial charge in [0.15, 0.2) is 11.6 Å². The van der Waals surface area contributed by atoms with E-state index in [1.807, 2.05) is 6.92 Å². The van der Waals surface area contributed by atoms with E-state index in [2.05, 4.69) is 24.7 Å². The lowest BCUT2D eigenvalue weighted by Crippen LogP contribution is -2.29. The molecule has 0 radical (unpaired) electrons. The molecule has 0 spiro atoms. The van der Waals surface area contributed by atoms with Crippen molar-refractivity contribution in [3.63, 3.8) is 0 Å². The molecule has 1 aromatic carbocycles. The number of hydrogen-bond acceptors (Lipinski definition) is 6. The summed E-state index contributed by atoms with van der Waals surface area (Å²) in [5.74, 6) is 0.0171. The Balaban J connectivity index is 1.85. The molecule has 0 aliphatic heterocycles. The van der Waals surface area contributed by atoms with E-state index >= 15 is 0 Å². The molecule has 0 aliphatic rings. The van der Waals surface area contributed by atoms with Crippen molar-refractivity contribution in [2.45, 2.75) is 46.3 Å². The van der Waals surface area contributed by atoms with Crippen LogP contribution in [0.25, 0.3) is 5.82 Å². The Morgan fingerprint density at radius 3 is 2.47 bits per heavy atom. The second-order valence-corrected chi connectivity index (χ2v) is 11.6. The lowest BCUT2D eigenvalue weighted by Gasteiger charge is -2.15. The predicted molar refractivity (Wildman–Crippen MR) is 137 cm³/mol. The van der Waals surface area contributed by atoms with Crippen molar-refractivity contribution in [3.8, 4) is 5.82 Å². The highest BCUT2D eigenvalue weighted by Crippen LogP contribution is 2.32. The van der Waals surface area contributed by atoms with Crippen LogP contribution in [0.15, 0.2) is 40.9 Å². The highest BCUT2D eigenvalue weighted by molar-refractivity contribution is 7.93. The quantitative estimate of drug-likeness (QED) is 0.399. The van der Waals surface area contributed by atoms with Gasteiger partial charge in [-0.3, -0.25) is 9.59 Å². The van der Waals surface area contributed by atoms with Gasteiger partial charge in [-0.05, 0) is 50.6 Å². The molecule has 2 unspecified atom stereocenters. The summed E-state index contributed by atoms with van der Waals surface area (Å²) in [6, 6.07) is 4.75. The largest absolute Gasteiger partial charge is 0.416 e. The van der Waals surface area contributed by atoms with Crippen molar-refractivity contribution in [1.29, 1.82) is 0 Å². The highest BCUT2D eigenvalue weighted by Gasteiger charge is 2.32. The Morgan fingerprint density at radius 1 is 1.18 bits per heavy atom. The molecule has 2 heterocycles. The molecule has 38 heavy (non-hydrogen) atoms. The first kappa shape index (κ1) is 29.2. The SMILES string of the molecule is CCCS(=O)(CC)=NC(=O)c1ccc(-n2nc(C)nc2C(C)NC(=O)c2cc(Cl)cc(C(F)(F)F)c2)nc1. The zero-order valence-electron chi connectivity index (χ0n) is 21.0. The lowest BCUT2D eigenvalue weighted by atomic mass is 10.1. The number of carbonyl (C=O) groups excluding carboxylic acids is 2. The molecule has 1 N–H and O–H groups in total. The minimum absolute atomic E-state index is 0.146. The van der Waals surface area contributed by atoms with Gasteiger partial charge in [0.2, 0.25) is 0 Å². The molecule has 3 aromatic rings.